The lowest BCUT2D eigenvalue weighted by molar-refractivity contribution is -0.137. The third-order valence-electron chi connectivity index (χ3n) is 3.29. The van der Waals surface area contributed by atoms with Gasteiger partial charge in [0, 0.05) is 18.0 Å². The molecule has 2 rings (SSSR count). The summed E-state index contributed by atoms with van der Waals surface area (Å²) in [6, 6.07) is 2.72. The molecule has 1 atom stereocenters. The molecule has 124 valence electrons. The zero-order chi connectivity index (χ0) is 16.4. The highest BCUT2D eigenvalue weighted by atomic mass is 32.2. The zero-order valence-corrected chi connectivity index (χ0v) is 14.1. The van der Waals surface area contributed by atoms with Crippen LogP contribution in [0, 0.1) is 0 Å². The number of hydrogen-bond acceptors (Lipinski definition) is 5. The molecule has 1 fully saturated rings. The summed E-state index contributed by atoms with van der Waals surface area (Å²) in [4.78, 5) is 11.7. The van der Waals surface area contributed by atoms with Crippen molar-refractivity contribution in [2.24, 2.45) is 0 Å². The first-order valence-electron chi connectivity index (χ1n) is 6.86. The van der Waals surface area contributed by atoms with E-state index in [9.17, 15) is 13.2 Å². The van der Waals surface area contributed by atoms with E-state index in [0.717, 1.165) is 0 Å². The van der Waals surface area contributed by atoms with Gasteiger partial charge in [-0.25, -0.2) is 0 Å². The summed E-state index contributed by atoms with van der Waals surface area (Å²) in [7, 11) is -3.78. The molecule has 0 aromatic carbocycles. The van der Waals surface area contributed by atoms with Gasteiger partial charge in [0.15, 0.2) is 0 Å². The Kier molecular flexibility index (Phi) is 5.23. The Balaban J connectivity index is 2.15. The highest BCUT2D eigenvalue weighted by molar-refractivity contribution is 7.87. The van der Waals surface area contributed by atoms with E-state index in [1.807, 2.05) is 13.8 Å². The van der Waals surface area contributed by atoms with Gasteiger partial charge < -0.3 is 9.84 Å². The number of carbonyl (C=O) groups is 1. The summed E-state index contributed by atoms with van der Waals surface area (Å²) in [5.74, 6) is -1.05. The number of carboxylic acid groups (broad SMARTS) is 1. The molecular weight excluding hydrogens is 328 g/mol. The van der Waals surface area contributed by atoms with Crippen LogP contribution in [-0.4, -0.2) is 49.1 Å². The molecule has 1 aliphatic heterocycles. The fraction of sp³-hybridized carbons (Fsp3) is 0.615. The van der Waals surface area contributed by atoms with Crippen molar-refractivity contribution in [1.82, 2.24) is 9.03 Å². The van der Waals surface area contributed by atoms with Crippen LogP contribution >= 0.6 is 11.3 Å². The van der Waals surface area contributed by atoms with Crippen molar-refractivity contribution in [2.75, 3.05) is 19.7 Å². The summed E-state index contributed by atoms with van der Waals surface area (Å²) in [6.07, 6.45) is -0.298. The minimum atomic E-state index is -3.78. The number of nitrogens with one attached hydrogen (secondary N) is 1. The molecule has 22 heavy (non-hydrogen) atoms. The Morgan fingerprint density at radius 3 is 2.86 bits per heavy atom. The number of nitrogens with zero attached hydrogens (tertiary/aromatic N) is 1. The van der Waals surface area contributed by atoms with Crippen molar-refractivity contribution in [3.05, 3.63) is 22.4 Å². The smallest absolute Gasteiger partial charge is 0.305 e. The van der Waals surface area contributed by atoms with Crippen LogP contribution in [0.2, 0.25) is 0 Å². The first-order chi connectivity index (χ1) is 10.2. The van der Waals surface area contributed by atoms with Gasteiger partial charge in [0.1, 0.15) is 0 Å². The van der Waals surface area contributed by atoms with Gasteiger partial charge in [0.2, 0.25) is 0 Å². The first kappa shape index (κ1) is 17.4. The van der Waals surface area contributed by atoms with Crippen molar-refractivity contribution in [3.63, 3.8) is 0 Å². The Hall–Kier alpha value is -1.00. The van der Waals surface area contributed by atoms with E-state index in [4.69, 9.17) is 9.84 Å². The fourth-order valence-electron chi connectivity index (χ4n) is 2.30. The summed E-state index contributed by atoms with van der Waals surface area (Å²) in [5, 5.41) is 10.8. The summed E-state index contributed by atoms with van der Waals surface area (Å²) in [5.41, 5.74) is -0.557. The van der Waals surface area contributed by atoms with E-state index in [1.54, 1.807) is 17.5 Å². The normalized spacial score (nSPS) is 20.6. The molecule has 7 nitrogen and oxygen atoms in total. The van der Waals surface area contributed by atoms with Crippen molar-refractivity contribution in [2.45, 2.75) is 31.9 Å². The van der Waals surface area contributed by atoms with E-state index >= 15 is 0 Å². The van der Waals surface area contributed by atoms with Crippen LogP contribution in [0.25, 0.3) is 0 Å². The standard InChI is InChI=1S/C13H20N2O5S2/c1-13(2)9-15(5-6-20-13)22(18,19)14-10(8-12(16)17)11-4-3-7-21-11/h3-4,7,10,14H,5-6,8-9H2,1-2H3,(H,16,17). The van der Waals surface area contributed by atoms with Gasteiger partial charge in [0.25, 0.3) is 10.2 Å². The third kappa shape index (κ3) is 4.50. The van der Waals surface area contributed by atoms with Gasteiger partial charge in [-0.15, -0.1) is 11.3 Å². The zero-order valence-electron chi connectivity index (χ0n) is 12.5. The van der Waals surface area contributed by atoms with Crippen LogP contribution < -0.4 is 4.72 Å². The topological polar surface area (TPSA) is 95.9 Å². The average Bonchev–Trinajstić information content (AvgIpc) is 2.89. The van der Waals surface area contributed by atoms with E-state index in [0.29, 0.717) is 11.5 Å². The predicted molar refractivity (Wildman–Crippen MR) is 83.0 cm³/mol. The molecule has 1 aromatic rings. The number of ether oxygens (including phenoxy) is 1. The molecule has 1 aromatic heterocycles. The highest BCUT2D eigenvalue weighted by Gasteiger charge is 2.35. The predicted octanol–water partition coefficient (Wildman–Crippen LogP) is 1.21. The third-order valence-corrected chi connectivity index (χ3v) is 5.85. The lowest BCUT2D eigenvalue weighted by Crippen LogP contribution is -2.54. The molecule has 1 unspecified atom stereocenters. The van der Waals surface area contributed by atoms with Crippen LogP contribution in [-0.2, 0) is 19.7 Å². The van der Waals surface area contributed by atoms with E-state index in [2.05, 4.69) is 4.72 Å². The van der Waals surface area contributed by atoms with Crippen LogP contribution in [0.4, 0.5) is 0 Å². The van der Waals surface area contributed by atoms with Gasteiger partial charge in [-0.05, 0) is 25.3 Å². The Morgan fingerprint density at radius 1 is 1.59 bits per heavy atom. The van der Waals surface area contributed by atoms with Crippen LogP contribution in [0.1, 0.15) is 31.2 Å². The Bertz CT molecular complexity index is 612. The maximum absolute atomic E-state index is 12.5. The average molecular weight is 348 g/mol. The van der Waals surface area contributed by atoms with E-state index in [-0.39, 0.29) is 19.5 Å². The molecule has 0 aliphatic carbocycles. The summed E-state index contributed by atoms with van der Waals surface area (Å²) >= 11 is 1.33. The van der Waals surface area contributed by atoms with Crippen LogP contribution in [0.15, 0.2) is 17.5 Å². The maximum Gasteiger partial charge on any atom is 0.305 e. The molecule has 0 radical (unpaired) electrons. The van der Waals surface area contributed by atoms with E-state index in [1.165, 1.54) is 15.6 Å². The molecule has 2 N–H and O–H groups in total. The molecule has 1 aliphatic rings. The SMILES string of the molecule is CC1(C)CN(S(=O)(=O)NC(CC(=O)O)c2cccs2)CCO1. The number of aliphatic carboxylic acids is 1. The van der Waals surface area contributed by atoms with Gasteiger partial charge >= 0.3 is 5.97 Å². The van der Waals surface area contributed by atoms with Crippen molar-refractivity contribution in [3.8, 4) is 0 Å². The van der Waals surface area contributed by atoms with E-state index < -0.39 is 27.8 Å². The van der Waals surface area contributed by atoms with Crippen LogP contribution in [0.3, 0.4) is 0 Å². The first-order valence-corrected chi connectivity index (χ1v) is 9.18. The Morgan fingerprint density at radius 2 is 2.32 bits per heavy atom. The quantitative estimate of drug-likeness (QED) is 0.805. The van der Waals surface area contributed by atoms with Gasteiger partial charge in [-0.3, -0.25) is 4.79 Å². The van der Waals surface area contributed by atoms with Crippen molar-refractivity contribution < 1.29 is 23.1 Å². The largest absolute Gasteiger partial charge is 0.481 e. The lowest BCUT2D eigenvalue weighted by atomic mass is 10.1. The second-order valence-electron chi connectivity index (χ2n) is 5.73. The number of morpholine rings is 1. The van der Waals surface area contributed by atoms with Crippen LogP contribution in [0.5, 0.6) is 0 Å². The summed E-state index contributed by atoms with van der Waals surface area (Å²) in [6.45, 7) is 4.44. The maximum atomic E-state index is 12.5. The molecular formula is C13H20N2O5S2. The molecule has 0 bridgehead atoms. The molecule has 0 spiro atoms. The number of carboxylic acids is 1. The number of hydrogen-bond donors (Lipinski definition) is 2. The van der Waals surface area contributed by atoms with Gasteiger partial charge in [-0.2, -0.15) is 17.4 Å². The monoisotopic (exact) mass is 348 g/mol. The van der Waals surface area contributed by atoms with Gasteiger partial charge in [-0.1, -0.05) is 6.07 Å². The highest BCUT2D eigenvalue weighted by Crippen LogP contribution is 2.25. The second-order valence-corrected chi connectivity index (χ2v) is 8.41. The minimum Gasteiger partial charge on any atom is -0.481 e. The molecule has 0 saturated carbocycles. The van der Waals surface area contributed by atoms with Crippen molar-refractivity contribution in [1.29, 1.82) is 0 Å². The molecule has 9 heteroatoms. The molecule has 1 saturated heterocycles. The number of thiophene rings is 1. The minimum absolute atomic E-state index is 0.229. The van der Waals surface area contributed by atoms with Gasteiger partial charge in [0.05, 0.1) is 24.7 Å². The fourth-order valence-corrected chi connectivity index (χ4v) is 4.66. The number of rotatable bonds is 6. The molecule has 2 heterocycles. The summed E-state index contributed by atoms with van der Waals surface area (Å²) < 4.78 is 34.4. The second kappa shape index (κ2) is 6.63. The Labute approximate surface area is 134 Å². The molecule has 0 amide bonds. The lowest BCUT2D eigenvalue weighted by Gasteiger charge is -2.37. The van der Waals surface area contributed by atoms with Crippen molar-refractivity contribution >= 4 is 27.5 Å².